The topological polar surface area (TPSA) is 104 Å². The number of aryl methyl sites for hydroxylation is 1. The summed E-state index contributed by atoms with van der Waals surface area (Å²) >= 11 is 10.0. The molecule has 0 fully saturated rings. The van der Waals surface area contributed by atoms with Crippen molar-refractivity contribution in [1.29, 1.82) is 0 Å². The molecule has 7 nitrogen and oxygen atoms in total. The van der Waals surface area contributed by atoms with Crippen molar-refractivity contribution >= 4 is 47.7 Å². The minimum atomic E-state index is -1.06. The zero-order valence-electron chi connectivity index (χ0n) is 15.4. The Balaban J connectivity index is 0.00000364. The molecule has 10 heteroatoms. The molecule has 2 aromatic rings. The summed E-state index contributed by atoms with van der Waals surface area (Å²) in [5.41, 5.74) is 2.79. The van der Waals surface area contributed by atoms with Gasteiger partial charge >= 0.3 is 51.4 Å². The summed E-state index contributed by atoms with van der Waals surface area (Å²) in [5, 5.41) is 13.3. The van der Waals surface area contributed by atoms with E-state index in [1.54, 1.807) is 6.07 Å². The molecule has 0 unspecified atom stereocenters. The van der Waals surface area contributed by atoms with Crippen molar-refractivity contribution in [2.24, 2.45) is 0 Å². The van der Waals surface area contributed by atoms with E-state index in [1.165, 1.54) is 6.07 Å². The second-order valence-electron chi connectivity index (χ2n) is 5.85. The first-order chi connectivity index (χ1) is 12.3. The standard InChI is InChI=1S/C17H20N4O3S2.K/c1-10-5-6-11(8-13(10)21(2)7-3-4-15(22)23)18-16(24)12-9-14(25)20-17(26)19-12;/h5-6,8-9H,3-4,7H2,1-2H3,(H,18,24)(H,22,23)(H2,19,20,25,26);/q;+1/p-1. The van der Waals surface area contributed by atoms with Crippen LogP contribution in [-0.4, -0.2) is 35.4 Å². The molecule has 0 aliphatic rings. The fraction of sp³-hybridized carbons (Fsp3) is 0.294. The number of H-pyrrole nitrogens is 2. The first kappa shape index (κ1) is 24.2. The Morgan fingerprint density at radius 1 is 1.22 bits per heavy atom. The number of amides is 1. The Morgan fingerprint density at radius 2 is 1.93 bits per heavy atom. The fourth-order valence-corrected chi connectivity index (χ4v) is 2.97. The Labute approximate surface area is 210 Å². The van der Waals surface area contributed by atoms with Crippen LogP contribution in [0.2, 0.25) is 0 Å². The number of carboxylic acid groups (broad SMARTS) is 1. The maximum atomic E-state index is 12.4. The second-order valence-corrected chi connectivity index (χ2v) is 6.70. The maximum absolute atomic E-state index is 12.4. The van der Waals surface area contributed by atoms with Gasteiger partial charge in [-0.2, -0.15) is 0 Å². The number of hydrogen-bond donors (Lipinski definition) is 3. The van der Waals surface area contributed by atoms with Gasteiger partial charge in [0.1, 0.15) is 10.3 Å². The van der Waals surface area contributed by atoms with E-state index in [2.05, 4.69) is 15.3 Å². The average Bonchev–Trinajstić information content (AvgIpc) is 2.55. The molecule has 0 bridgehead atoms. The van der Waals surface area contributed by atoms with E-state index in [4.69, 9.17) is 24.4 Å². The Kier molecular flexibility index (Phi) is 10.0. The van der Waals surface area contributed by atoms with Crippen molar-refractivity contribution in [3.63, 3.8) is 0 Å². The predicted octanol–water partition coefficient (Wildman–Crippen LogP) is -0.667. The van der Waals surface area contributed by atoms with E-state index >= 15 is 0 Å². The summed E-state index contributed by atoms with van der Waals surface area (Å²) < 4.78 is 0.649. The number of benzene rings is 1. The van der Waals surface area contributed by atoms with Gasteiger partial charge in [0.25, 0.3) is 5.91 Å². The molecule has 0 saturated carbocycles. The molecule has 1 aromatic carbocycles. The molecule has 138 valence electrons. The summed E-state index contributed by atoms with van der Waals surface area (Å²) in [7, 11) is 1.87. The summed E-state index contributed by atoms with van der Waals surface area (Å²) in [4.78, 5) is 30.4. The first-order valence-corrected chi connectivity index (χ1v) is 8.74. The number of carbonyl (C=O) groups is 2. The summed E-state index contributed by atoms with van der Waals surface area (Å²) in [6.45, 7) is 2.51. The van der Waals surface area contributed by atoms with Crippen LogP contribution in [0, 0.1) is 16.3 Å². The van der Waals surface area contributed by atoms with Crippen LogP contribution in [0.5, 0.6) is 0 Å². The summed E-state index contributed by atoms with van der Waals surface area (Å²) in [5.74, 6) is -1.42. The minimum Gasteiger partial charge on any atom is -0.550 e. The van der Waals surface area contributed by atoms with Crippen LogP contribution in [0.1, 0.15) is 28.9 Å². The molecule has 1 amide bonds. The number of anilines is 2. The molecular weight excluding hydrogens is 411 g/mol. The second kappa shape index (κ2) is 11.2. The molecule has 2 rings (SSSR count). The molecule has 3 N–H and O–H groups in total. The Morgan fingerprint density at radius 3 is 2.56 bits per heavy atom. The number of aliphatic carboxylic acids is 1. The number of nitrogens with one attached hydrogen (secondary N) is 3. The van der Waals surface area contributed by atoms with E-state index in [-0.39, 0.29) is 74.2 Å². The van der Waals surface area contributed by atoms with Gasteiger partial charge in [-0.3, -0.25) is 4.79 Å². The van der Waals surface area contributed by atoms with E-state index in [0.717, 1.165) is 11.3 Å². The van der Waals surface area contributed by atoms with Crippen LogP contribution in [-0.2, 0) is 4.79 Å². The van der Waals surface area contributed by atoms with Gasteiger partial charge in [-0.05, 0) is 49.7 Å². The van der Waals surface area contributed by atoms with Gasteiger partial charge in [-0.15, -0.1) is 0 Å². The first-order valence-electron chi connectivity index (χ1n) is 7.93. The van der Waals surface area contributed by atoms with Gasteiger partial charge in [0.15, 0.2) is 4.77 Å². The van der Waals surface area contributed by atoms with Gasteiger partial charge in [0.05, 0.1) is 0 Å². The van der Waals surface area contributed by atoms with Gasteiger partial charge in [-0.25, -0.2) is 0 Å². The van der Waals surface area contributed by atoms with Gasteiger partial charge in [-0.1, -0.05) is 18.3 Å². The third-order valence-electron chi connectivity index (χ3n) is 3.76. The average molecular weight is 431 g/mol. The number of nitrogens with zero attached hydrogens (tertiary/aromatic N) is 1. The van der Waals surface area contributed by atoms with Crippen LogP contribution >= 0.6 is 24.4 Å². The van der Waals surface area contributed by atoms with Gasteiger partial charge < -0.3 is 30.1 Å². The third kappa shape index (κ3) is 7.57. The van der Waals surface area contributed by atoms with Crippen molar-refractivity contribution in [3.05, 3.63) is 44.9 Å². The quantitative estimate of drug-likeness (QED) is 0.398. The largest absolute Gasteiger partial charge is 1.00 e. The summed E-state index contributed by atoms with van der Waals surface area (Å²) in [6, 6.07) is 7.02. The number of hydrogen-bond acceptors (Lipinski definition) is 6. The molecule has 27 heavy (non-hydrogen) atoms. The Bertz CT molecular complexity index is 914. The monoisotopic (exact) mass is 430 g/mol. The number of carboxylic acids is 1. The van der Waals surface area contributed by atoms with Gasteiger partial charge in [0.2, 0.25) is 0 Å². The van der Waals surface area contributed by atoms with Crippen molar-refractivity contribution < 1.29 is 66.1 Å². The predicted molar refractivity (Wildman–Crippen MR) is 103 cm³/mol. The molecule has 1 aromatic heterocycles. The molecule has 1 heterocycles. The van der Waals surface area contributed by atoms with Crippen LogP contribution in [0.3, 0.4) is 0 Å². The van der Waals surface area contributed by atoms with E-state index in [9.17, 15) is 14.7 Å². The molecule has 0 spiro atoms. The van der Waals surface area contributed by atoms with Crippen molar-refractivity contribution in [1.82, 2.24) is 9.97 Å². The molecular formula is C17H19KN4O3S2. The van der Waals surface area contributed by atoms with Crippen LogP contribution < -0.4 is 66.7 Å². The van der Waals surface area contributed by atoms with Gasteiger partial charge in [0, 0.05) is 37.0 Å². The third-order valence-corrected chi connectivity index (χ3v) is 4.18. The van der Waals surface area contributed by atoms with Crippen molar-refractivity contribution in [2.45, 2.75) is 19.8 Å². The molecule has 0 radical (unpaired) electrons. The number of aromatic amines is 2. The maximum Gasteiger partial charge on any atom is 1.00 e. The smallest absolute Gasteiger partial charge is 0.550 e. The zero-order valence-corrected chi connectivity index (χ0v) is 20.2. The van der Waals surface area contributed by atoms with Crippen LogP contribution in [0.25, 0.3) is 0 Å². The molecule has 0 saturated heterocycles. The normalized spacial score (nSPS) is 10.0. The van der Waals surface area contributed by atoms with Crippen LogP contribution in [0.4, 0.5) is 11.4 Å². The fourth-order valence-electron chi connectivity index (χ4n) is 2.47. The van der Waals surface area contributed by atoms with Crippen molar-refractivity contribution in [3.8, 4) is 0 Å². The van der Waals surface area contributed by atoms with E-state index in [0.29, 0.717) is 23.3 Å². The summed E-state index contributed by atoms with van der Waals surface area (Å²) in [6.07, 6.45) is 0.487. The minimum absolute atomic E-state index is 0. The van der Waals surface area contributed by atoms with E-state index < -0.39 is 5.97 Å². The molecule has 0 atom stereocenters. The van der Waals surface area contributed by atoms with Crippen molar-refractivity contribution in [2.75, 3.05) is 23.8 Å². The van der Waals surface area contributed by atoms with E-state index in [1.807, 2.05) is 31.0 Å². The number of rotatable bonds is 7. The number of aromatic nitrogens is 2. The van der Waals surface area contributed by atoms with Crippen LogP contribution in [0.15, 0.2) is 24.3 Å². The molecule has 0 aliphatic carbocycles. The SMILES string of the molecule is Cc1ccc(NC(=O)c2cc(=S)[nH]c(=S)[nH]2)cc1N(C)CCCC(=O)[O-].[K+]. The molecule has 0 aliphatic heterocycles. The zero-order chi connectivity index (χ0) is 19.3. The number of carbonyl (C=O) groups excluding carboxylic acids is 2. The Hall–Kier alpha value is -0.884.